The molecule has 0 atom stereocenters. The summed E-state index contributed by atoms with van der Waals surface area (Å²) in [5, 5.41) is 2.73. The smallest absolute Gasteiger partial charge is 0.261 e. The quantitative estimate of drug-likeness (QED) is 0.435. The monoisotopic (exact) mass is 508 g/mol. The van der Waals surface area contributed by atoms with Crippen LogP contribution in [0.5, 0.6) is 0 Å². The largest absolute Gasteiger partial charge is 0.325 e. The van der Waals surface area contributed by atoms with E-state index in [1.54, 1.807) is 48.5 Å². The molecule has 0 saturated heterocycles. The van der Waals surface area contributed by atoms with Crippen molar-refractivity contribution in [3.63, 3.8) is 0 Å². The minimum Gasteiger partial charge on any atom is -0.325 e. The van der Waals surface area contributed by atoms with Gasteiger partial charge < -0.3 is 5.32 Å². The Morgan fingerprint density at radius 1 is 0.900 bits per heavy atom. The molecule has 0 saturated carbocycles. The summed E-state index contributed by atoms with van der Waals surface area (Å²) in [6.07, 6.45) is 0. The van der Waals surface area contributed by atoms with Crippen LogP contribution in [0.2, 0.25) is 0 Å². The lowest BCUT2D eigenvalue weighted by molar-refractivity contribution is -0.113. The number of rotatable bonds is 8. The van der Waals surface area contributed by atoms with E-state index in [9.17, 15) is 17.6 Å². The van der Waals surface area contributed by atoms with E-state index in [2.05, 4.69) is 26.0 Å². The van der Waals surface area contributed by atoms with Crippen LogP contribution in [0.1, 0.15) is 5.56 Å². The molecule has 30 heavy (non-hydrogen) atoms. The fraction of sp³-hybridized carbons (Fsp3) is 0.0952. The summed E-state index contributed by atoms with van der Waals surface area (Å²) in [4.78, 5) is 12.2. The normalized spacial score (nSPS) is 11.1. The molecule has 0 heterocycles. The minimum absolute atomic E-state index is 0.0918. The van der Waals surface area contributed by atoms with Gasteiger partial charge in [0.1, 0.15) is 5.82 Å². The average Bonchev–Trinajstić information content (AvgIpc) is 2.71. The van der Waals surface area contributed by atoms with Crippen molar-refractivity contribution in [3.05, 3.63) is 88.6 Å². The third-order valence-electron chi connectivity index (χ3n) is 3.96. The Morgan fingerprint density at radius 2 is 1.50 bits per heavy atom. The van der Waals surface area contributed by atoms with E-state index >= 15 is 0 Å². The van der Waals surface area contributed by atoms with Gasteiger partial charge in [0.25, 0.3) is 10.0 Å². The van der Waals surface area contributed by atoms with Crippen molar-refractivity contribution < 1.29 is 17.6 Å². The molecular weight excluding hydrogens is 491 g/mol. The second kappa shape index (κ2) is 10.1. The number of sulfonamides is 1. The number of carbonyl (C=O) groups excluding carboxylic acids is 1. The first-order valence-corrected chi connectivity index (χ1v) is 12.3. The molecule has 0 unspecified atom stereocenters. The number of hydrogen-bond acceptors (Lipinski definition) is 4. The second-order valence-corrected chi connectivity index (χ2v) is 9.89. The summed E-state index contributed by atoms with van der Waals surface area (Å²) >= 11 is 4.71. The number of nitrogens with one attached hydrogen (secondary N) is 2. The van der Waals surface area contributed by atoms with Crippen molar-refractivity contribution >= 4 is 55.0 Å². The zero-order valence-corrected chi connectivity index (χ0v) is 18.9. The van der Waals surface area contributed by atoms with Gasteiger partial charge in [-0.2, -0.15) is 0 Å². The summed E-state index contributed by atoms with van der Waals surface area (Å²) in [7, 11) is -3.73. The van der Waals surface area contributed by atoms with Crippen molar-refractivity contribution in [2.75, 3.05) is 15.8 Å². The lowest BCUT2D eigenvalue weighted by Gasteiger charge is -2.10. The Bertz CT molecular complexity index is 1100. The molecule has 3 aromatic carbocycles. The molecule has 0 aliphatic heterocycles. The Labute approximate surface area is 187 Å². The van der Waals surface area contributed by atoms with Crippen molar-refractivity contribution in [2.45, 2.75) is 10.6 Å². The van der Waals surface area contributed by atoms with Gasteiger partial charge in [0, 0.05) is 21.6 Å². The Balaban J connectivity index is 1.52. The zero-order valence-electron chi connectivity index (χ0n) is 15.6. The molecule has 0 aliphatic rings. The van der Waals surface area contributed by atoms with Crippen LogP contribution in [-0.2, 0) is 20.6 Å². The van der Waals surface area contributed by atoms with Gasteiger partial charge in [-0.05, 0) is 66.2 Å². The van der Waals surface area contributed by atoms with Crippen LogP contribution in [0.3, 0.4) is 0 Å². The number of benzene rings is 3. The molecule has 0 radical (unpaired) electrons. The fourth-order valence-corrected chi connectivity index (χ4v) is 4.60. The number of carbonyl (C=O) groups is 1. The molecule has 2 N–H and O–H groups in total. The molecule has 9 heteroatoms. The molecule has 0 bridgehead atoms. The van der Waals surface area contributed by atoms with Gasteiger partial charge in [0.2, 0.25) is 5.91 Å². The van der Waals surface area contributed by atoms with Gasteiger partial charge in [0.05, 0.1) is 10.6 Å². The van der Waals surface area contributed by atoms with Crippen LogP contribution in [0, 0.1) is 5.82 Å². The van der Waals surface area contributed by atoms with Crippen molar-refractivity contribution in [2.24, 2.45) is 0 Å². The topological polar surface area (TPSA) is 75.3 Å². The number of thioether (sulfide) groups is 1. The van der Waals surface area contributed by atoms with E-state index in [0.717, 1.165) is 10.0 Å². The van der Waals surface area contributed by atoms with Gasteiger partial charge in [-0.1, -0.05) is 28.1 Å². The van der Waals surface area contributed by atoms with E-state index in [4.69, 9.17) is 0 Å². The van der Waals surface area contributed by atoms with Crippen LogP contribution in [0.25, 0.3) is 0 Å². The standard InChI is InChI=1S/C21H18BrFN2O3S2/c22-16-3-7-19(8-4-16)25-30(27,28)20-11-9-18(10-12-20)24-21(26)14-29-13-15-1-5-17(23)6-2-15/h1-12,25H,13-14H2,(H,24,26). The van der Waals surface area contributed by atoms with E-state index < -0.39 is 10.0 Å². The van der Waals surface area contributed by atoms with E-state index in [0.29, 0.717) is 17.1 Å². The Morgan fingerprint density at radius 3 is 2.13 bits per heavy atom. The van der Waals surface area contributed by atoms with Crippen LogP contribution in [0.4, 0.5) is 15.8 Å². The second-order valence-electron chi connectivity index (χ2n) is 6.30. The SMILES string of the molecule is O=C(CSCc1ccc(F)cc1)Nc1ccc(S(=O)(=O)Nc2ccc(Br)cc2)cc1. The molecule has 156 valence electrons. The van der Waals surface area contributed by atoms with Crippen molar-refractivity contribution in [3.8, 4) is 0 Å². The first-order chi connectivity index (χ1) is 14.3. The molecule has 3 rings (SSSR count). The molecule has 1 amide bonds. The van der Waals surface area contributed by atoms with Gasteiger partial charge >= 0.3 is 0 Å². The summed E-state index contributed by atoms with van der Waals surface area (Å²) in [6.45, 7) is 0. The van der Waals surface area contributed by atoms with Crippen LogP contribution < -0.4 is 10.0 Å². The highest BCUT2D eigenvalue weighted by atomic mass is 79.9. The summed E-state index contributed by atoms with van der Waals surface area (Å²) in [5.74, 6) is 0.319. The molecule has 3 aromatic rings. The van der Waals surface area contributed by atoms with Crippen LogP contribution in [0.15, 0.2) is 82.2 Å². The average molecular weight is 509 g/mol. The zero-order chi connectivity index (χ0) is 21.6. The van der Waals surface area contributed by atoms with E-state index in [1.165, 1.54) is 36.0 Å². The maximum Gasteiger partial charge on any atom is 0.261 e. The van der Waals surface area contributed by atoms with Gasteiger partial charge in [0.15, 0.2) is 0 Å². The highest BCUT2D eigenvalue weighted by molar-refractivity contribution is 9.10. The minimum atomic E-state index is -3.73. The van der Waals surface area contributed by atoms with Crippen molar-refractivity contribution in [1.29, 1.82) is 0 Å². The first kappa shape index (κ1) is 22.3. The maximum absolute atomic E-state index is 12.9. The summed E-state index contributed by atoms with van der Waals surface area (Å²) in [5.41, 5.74) is 1.89. The molecule has 0 fully saturated rings. The molecule has 5 nitrogen and oxygen atoms in total. The van der Waals surface area contributed by atoms with Gasteiger partial charge in [-0.25, -0.2) is 12.8 Å². The molecular formula is C21H18BrFN2O3S2. The Hall–Kier alpha value is -2.36. The first-order valence-electron chi connectivity index (χ1n) is 8.82. The molecule has 0 aliphatic carbocycles. The number of hydrogen-bond donors (Lipinski definition) is 2. The highest BCUT2D eigenvalue weighted by Gasteiger charge is 2.14. The predicted octanol–water partition coefficient (Wildman–Crippen LogP) is 5.26. The summed E-state index contributed by atoms with van der Waals surface area (Å²) < 4.78 is 41.2. The molecule has 0 spiro atoms. The predicted molar refractivity (Wildman–Crippen MR) is 123 cm³/mol. The lowest BCUT2D eigenvalue weighted by atomic mass is 10.2. The van der Waals surface area contributed by atoms with E-state index in [1.807, 2.05) is 0 Å². The summed E-state index contributed by atoms with van der Waals surface area (Å²) in [6, 6.07) is 18.9. The third-order valence-corrected chi connectivity index (χ3v) is 6.89. The number of halogens is 2. The van der Waals surface area contributed by atoms with Crippen molar-refractivity contribution in [1.82, 2.24) is 0 Å². The third kappa shape index (κ3) is 6.58. The number of amides is 1. The van der Waals surface area contributed by atoms with Gasteiger partial charge in [-0.15, -0.1) is 11.8 Å². The lowest BCUT2D eigenvalue weighted by Crippen LogP contribution is -2.15. The number of anilines is 2. The van der Waals surface area contributed by atoms with E-state index in [-0.39, 0.29) is 22.4 Å². The molecule has 0 aromatic heterocycles. The van der Waals surface area contributed by atoms with Gasteiger partial charge in [-0.3, -0.25) is 9.52 Å². The highest BCUT2D eigenvalue weighted by Crippen LogP contribution is 2.20. The van der Waals surface area contributed by atoms with Crippen LogP contribution in [-0.4, -0.2) is 20.1 Å². The Kier molecular flexibility index (Phi) is 7.52. The fourth-order valence-electron chi connectivity index (χ4n) is 2.49. The maximum atomic E-state index is 12.9. The van der Waals surface area contributed by atoms with Crippen LogP contribution >= 0.6 is 27.7 Å².